The van der Waals surface area contributed by atoms with Gasteiger partial charge in [-0.25, -0.2) is 14.5 Å². The molecule has 0 atom stereocenters. The van der Waals surface area contributed by atoms with Gasteiger partial charge in [0.25, 0.3) is 0 Å². The van der Waals surface area contributed by atoms with Gasteiger partial charge in [-0.2, -0.15) is 5.10 Å². The molecule has 0 bridgehead atoms. The Kier molecular flexibility index (Phi) is 7.22. The highest BCUT2D eigenvalue weighted by atomic mass is 16.5. The number of benzene rings is 1. The molecule has 0 unspecified atom stereocenters. The number of amides is 2. The Bertz CT molecular complexity index is 613. The van der Waals surface area contributed by atoms with Gasteiger partial charge in [-0.1, -0.05) is 26.0 Å². The van der Waals surface area contributed by atoms with Crippen LogP contribution in [0.3, 0.4) is 0 Å². The molecule has 0 radical (unpaired) electrons. The van der Waals surface area contributed by atoms with Gasteiger partial charge in [0, 0.05) is 18.8 Å². The van der Waals surface area contributed by atoms with Gasteiger partial charge >= 0.3 is 6.03 Å². The maximum Gasteiger partial charge on any atom is 0.319 e. The van der Waals surface area contributed by atoms with Gasteiger partial charge in [-0.3, -0.25) is 0 Å². The monoisotopic (exact) mass is 331 g/mol. The molecule has 0 spiro atoms. The van der Waals surface area contributed by atoms with Crippen LogP contribution in [-0.2, 0) is 11.3 Å². The number of nitrogens with zero attached hydrogens (tertiary/aromatic N) is 3. The summed E-state index contributed by atoms with van der Waals surface area (Å²) in [6.07, 6.45) is 4.19. The number of aromatic nitrogens is 3. The zero-order valence-corrected chi connectivity index (χ0v) is 14.2. The summed E-state index contributed by atoms with van der Waals surface area (Å²) in [6, 6.07) is 7.41. The van der Waals surface area contributed by atoms with Crippen LogP contribution in [0, 0.1) is 5.92 Å². The molecule has 2 N–H and O–H groups in total. The molecule has 1 aromatic carbocycles. The van der Waals surface area contributed by atoms with E-state index in [-0.39, 0.29) is 6.03 Å². The molecule has 0 fully saturated rings. The Morgan fingerprint density at radius 3 is 2.96 bits per heavy atom. The van der Waals surface area contributed by atoms with Gasteiger partial charge < -0.3 is 15.4 Å². The number of ether oxygens (including phenoxy) is 1. The van der Waals surface area contributed by atoms with Crippen LogP contribution in [0.5, 0.6) is 0 Å². The molecule has 130 valence electrons. The fraction of sp³-hybridized carbons (Fsp3) is 0.471. The summed E-state index contributed by atoms with van der Waals surface area (Å²) in [7, 11) is 0. The lowest BCUT2D eigenvalue weighted by Gasteiger charge is -2.10. The maximum atomic E-state index is 11.9. The van der Waals surface area contributed by atoms with Crippen LogP contribution >= 0.6 is 0 Å². The van der Waals surface area contributed by atoms with Crippen molar-refractivity contribution in [2.75, 3.05) is 25.1 Å². The van der Waals surface area contributed by atoms with E-state index in [1.54, 1.807) is 11.0 Å². The highest BCUT2D eigenvalue weighted by molar-refractivity contribution is 5.89. The number of urea groups is 1. The van der Waals surface area contributed by atoms with E-state index in [1.807, 2.05) is 24.3 Å². The van der Waals surface area contributed by atoms with Crippen LogP contribution in [0.1, 0.15) is 25.8 Å². The average molecular weight is 331 g/mol. The van der Waals surface area contributed by atoms with Crippen LogP contribution in [0.2, 0.25) is 0 Å². The van der Waals surface area contributed by atoms with Gasteiger partial charge in [-0.05, 0) is 30.0 Å². The number of carbonyl (C=O) groups excluding carboxylic acids is 1. The van der Waals surface area contributed by atoms with E-state index in [4.69, 9.17) is 4.74 Å². The SMILES string of the molecule is CC(C)CCOCCNC(=O)Nc1cccc(Cn2cncn2)c1. The first-order valence-corrected chi connectivity index (χ1v) is 8.17. The van der Waals surface area contributed by atoms with Crippen molar-refractivity contribution in [2.45, 2.75) is 26.8 Å². The lowest BCUT2D eigenvalue weighted by molar-refractivity contribution is 0.126. The first-order chi connectivity index (χ1) is 11.6. The van der Waals surface area contributed by atoms with Gasteiger partial charge in [-0.15, -0.1) is 0 Å². The predicted molar refractivity (Wildman–Crippen MR) is 92.9 cm³/mol. The van der Waals surface area contributed by atoms with Gasteiger partial charge in [0.05, 0.1) is 13.2 Å². The smallest absolute Gasteiger partial charge is 0.319 e. The van der Waals surface area contributed by atoms with E-state index in [1.165, 1.54) is 6.33 Å². The summed E-state index contributed by atoms with van der Waals surface area (Å²) >= 11 is 0. The maximum absolute atomic E-state index is 11.9. The van der Waals surface area contributed by atoms with E-state index in [0.29, 0.717) is 25.6 Å². The van der Waals surface area contributed by atoms with Crippen molar-refractivity contribution < 1.29 is 9.53 Å². The second kappa shape index (κ2) is 9.67. The van der Waals surface area contributed by atoms with Crippen molar-refractivity contribution >= 4 is 11.7 Å². The van der Waals surface area contributed by atoms with E-state index in [2.05, 4.69) is 34.6 Å². The molecule has 2 rings (SSSR count). The zero-order valence-electron chi connectivity index (χ0n) is 14.2. The molecule has 1 heterocycles. The first kappa shape index (κ1) is 17.9. The van der Waals surface area contributed by atoms with E-state index in [0.717, 1.165) is 24.3 Å². The van der Waals surface area contributed by atoms with Crippen molar-refractivity contribution in [1.29, 1.82) is 0 Å². The third kappa shape index (κ3) is 6.78. The quantitative estimate of drug-likeness (QED) is 0.692. The second-order valence-corrected chi connectivity index (χ2v) is 5.97. The summed E-state index contributed by atoms with van der Waals surface area (Å²) in [4.78, 5) is 15.8. The third-order valence-corrected chi connectivity index (χ3v) is 3.37. The zero-order chi connectivity index (χ0) is 17.2. The van der Waals surface area contributed by atoms with Crippen molar-refractivity contribution in [3.63, 3.8) is 0 Å². The van der Waals surface area contributed by atoms with E-state index in [9.17, 15) is 4.79 Å². The molecular formula is C17H25N5O2. The Morgan fingerprint density at radius 2 is 2.21 bits per heavy atom. The average Bonchev–Trinajstić information content (AvgIpc) is 3.03. The summed E-state index contributed by atoms with van der Waals surface area (Å²) in [5.41, 5.74) is 1.78. The topological polar surface area (TPSA) is 81.1 Å². The van der Waals surface area contributed by atoms with Crippen molar-refractivity contribution in [1.82, 2.24) is 20.1 Å². The molecule has 7 nitrogen and oxygen atoms in total. The molecule has 1 aromatic heterocycles. The molecule has 0 saturated heterocycles. The van der Waals surface area contributed by atoms with Crippen LogP contribution in [-0.4, -0.2) is 40.6 Å². The Hall–Kier alpha value is -2.41. The Balaban J connectivity index is 1.69. The van der Waals surface area contributed by atoms with Gasteiger partial charge in [0.1, 0.15) is 12.7 Å². The summed E-state index contributed by atoms with van der Waals surface area (Å²) < 4.78 is 7.19. The highest BCUT2D eigenvalue weighted by Crippen LogP contribution is 2.11. The lowest BCUT2D eigenvalue weighted by atomic mass is 10.1. The summed E-state index contributed by atoms with van der Waals surface area (Å²) in [5.74, 6) is 0.631. The number of hydrogen-bond donors (Lipinski definition) is 2. The Morgan fingerprint density at radius 1 is 1.33 bits per heavy atom. The minimum Gasteiger partial charge on any atom is -0.380 e. The third-order valence-electron chi connectivity index (χ3n) is 3.37. The fourth-order valence-electron chi connectivity index (χ4n) is 2.08. The summed E-state index contributed by atoms with van der Waals surface area (Å²) in [5, 5.41) is 9.67. The Labute approximate surface area is 142 Å². The molecule has 0 aliphatic heterocycles. The fourth-order valence-corrected chi connectivity index (χ4v) is 2.08. The standard InChI is InChI=1S/C17H25N5O2/c1-14(2)6-8-24-9-7-19-17(23)21-16-5-3-4-15(10-16)11-22-13-18-12-20-22/h3-5,10,12-14H,6-9,11H2,1-2H3,(H2,19,21,23). The molecule has 7 heteroatoms. The van der Waals surface area contributed by atoms with Crippen molar-refractivity contribution in [3.8, 4) is 0 Å². The van der Waals surface area contributed by atoms with Gasteiger partial charge in [0.2, 0.25) is 0 Å². The molecule has 24 heavy (non-hydrogen) atoms. The minimum absolute atomic E-state index is 0.236. The number of anilines is 1. The predicted octanol–water partition coefficient (Wildman–Crippen LogP) is 2.51. The van der Waals surface area contributed by atoms with Crippen LogP contribution < -0.4 is 10.6 Å². The molecular weight excluding hydrogens is 306 g/mol. The number of hydrogen-bond acceptors (Lipinski definition) is 4. The van der Waals surface area contributed by atoms with Crippen LogP contribution in [0.15, 0.2) is 36.9 Å². The number of rotatable bonds is 9. The van der Waals surface area contributed by atoms with Crippen LogP contribution in [0.25, 0.3) is 0 Å². The largest absolute Gasteiger partial charge is 0.380 e. The van der Waals surface area contributed by atoms with E-state index >= 15 is 0 Å². The first-order valence-electron chi connectivity index (χ1n) is 8.17. The van der Waals surface area contributed by atoms with Crippen molar-refractivity contribution in [3.05, 3.63) is 42.5 Å². The van der Waals surface area contributed by atoms with E-state index < -0.39 is 0 Å². The van der Waals surface area contributed by atoms with Crippen molar-refractivity contribution in [2.24, 2.45) is 5.92 Å². The van der Waals surface area contributed by atoms with Gasteiger partial charge in [0.15, 0.2) is 0 Å². The number of carbonyl (C=O) groups is 1. The number of nitrogens with one attached hydrogen (secondary N) is 2. The molecule has 0 saturated carbocycles. The van der Waals surface area contributed by atoms with Crippen LogP contribution in [0.4, 0.5) is 10.5 Å². The summed E-state index contributed by atoms with van der Waals surface area (Å²) in [6.45, 7) is 6.67. The molecule has 2 aromatic rings. The molecule has 0 aliphatic rings. The molecule has 0 aliphatic carbocycles. The normalized spacial score (nSPS) is 10.8. The second-order valence-electron chi connectivity index (χ2n) is 5.97. The molecule has 2 amide bonds. The highest BCUT2D eigenvalue weighted by Gasteiger charge is 2.03. The lowest BCUT2D eigenvalue weighted by Crippen LogP contribution is -2.31. The minimum atomic E-state index is -0.236.